The second-order valence-electron chi connectivity index (χ2n) is 6.59. The Balaban J connectivity index is 1.56. The topological polar surface area (TPSA) is 118 Å². The van der Waals surface area contributed by atoms with Gasteiger partial charge >= 0.3 is 5.69 Å². The molecule has 0 aliphatic heterocycles. The number of benzene rings is 2. The number of pyridine rings is 1. The molecule has 0 unspecified atom stereocenters. The van der Waals surface area contributed by atoms with E-state index in [0.29, 0.717) is 17.0 Å². The fraction of sp³-hybridized carbons (Fsp3) is 0.150. The van der Waals surface area contributed by atoms with Crippen molar-refractivity contribution in [2.24, 2.45) is 5.10 Å². The summed E-state index contributed by atoms with van der Waals surface area (Å²) in [5.41, 5.74) is 4.67. The van der Waals surface area contributed by atoms with Crippen molar-refractivity contribution < 1.29 is 14.8 Å². The lowest BCUT2D eigenvalue weighted by molar-refractivity contribution is -0.385. The highest BCUT2D eigenvalue weighted by Crippen LogP contribution is 2.40. The molecule has 0 radical (unpaired) electrons. The Labute approximate surface area is 159 Å². The first-order valence-electron chi connectivity index (χ1n) is 8.73. The maximum absolute atomic E-state index is 12.7. The van der Waals surface area contributed by atoms with Crippen LogP contribution in [0.25, 0.3) is 10.9 Å². The van der Waals surface area contributed by atoms with Crippen LogP contribution in [0.15, 0.2) is 53.6 Å². The smallest absolute Gasteiger partial charge is 0.310 e. The first-order chi connectivity index (χ1) is 13.5. The average Bonchev–Trinajstić information content (AvgIpc) is 3.52. The maximum atomic E-state index is 12.7. The number of rotatable bonds is 5. The Morgan fingerprint density at radius 2 is 2.04 bits per heavy atom. The second-order valence-corrected chi connectivity index (χ2v) is 6.59. The van der Waals surface area contributed by atoms with Gasteiger partial charge in [-0.2, -0.15) is 5.10 Å². The van der Waals surface area contributed by atoms with E-state index in [-0.39, 0.29) is 5.91 Å². The molecular formula is C20H16N4O4. The molecule has 140 valence electrons. The summed E-state index contributed by atoms with van der Waals surface area (Å²) in [7, 11) is 0. The number of nitro groups is 1. The molecule has 1 aromatic heterocycles. The van der Waals surface area contributed by atoms with Crippen molar-refractivity contribution in [3.05, 3.63) is 75.5 Å². The number of fused-ring (bicyclic) bond motifs is 1. The second kappa shape index (κ2) is 7.07. The molecular weight excluding hydrogens is 360 g/mol. The van der Waals surface area contributed by atoms with Gasteiger partial charge in [0.05, 0.1) is 22.2 Å². The van der Waals surface area contributed by atoms with E-state index in [1.54, 1.807) is 0 Å². The molecule has 3 aromatic rings. The van der Waals surface area contributed by atoms with Crippen molar-refractivity contribution in [3.8, 4) is 5.75 Å². The van der Waals surface area contributed by atoms with Crippen molar-refractivity contribution in [2.45, 2.75) is 18.8 Å². The van der Waals surface area contributed by atoms with Gasteiger partial charge in [-0.05, 0) is 42.7 Å². The molecule has 1 aliphatic carbocycles. The number of nitrogens with zero attached hydrogens (tertiary/aromatic N) is 3. The van der Waals surface area contributed by atoms with E-state index in [1.807, 2.05) is 30.3 Å². The van der Waals surface area contributed by atoms with E-state index in [0.717, 1.165) is 29.4 Å². The molecule has 1 aliphatic rings. The van der Waals surface area contributed by atoms with Gasteiger partial charge in [-0.3, -0.25) is 19.9 Å². The van der Waals surface area contributed by atoms with Crippen LogP contribution in [0.3, 0.4) is 0 Å². The number of nitrogens with one attached hydrogen (secondary N) is 1. The van der Waals surface area contributed by atoms with E-state index in [2.05, 4.69) is 15.5 Å². The van der Waals surface area contributed by atoms with E-state index in [4.69, 9.17) is 0 Å². The molecule has 4 rings (SSSR count). The van der Waals surface area contributed by atoms with Gasteiger partial charge in [0.2, 0.25) is 0 Å². The van der Waals surface area contributed by atoms with Crippen LogP contribution >= 0.6 is 0 Å². The first-order valence-corrected chi connectivity index (χ1v) is 8.73. The Morgan fingerprint density at radius 3 is 2.75 bits per heavy atom. The largest absolute Gasteiger partial charge is 0.502 e. The number of phenolic OH excluding ortho intramolecular Hbond substituents is 1. The Hall–Kier alpha value is -3.81. The Morgan fingerprint density at radius 1 is 1.25 bits per heavy atom. The minimum Gasteiger partial charge on any atom is -0.502 e. The predicted octanol–water partition coefficient (Wildman–Crippen LogP) is 3.49. The number of nitro benzene ring substituents is 1. The van der Waals surface area contributed by atoms with Crippen LogP contribution in [0.4, 0.5) is 5.69 Å². The molecule has 0 bridgehead atoms. The summed E-state index contributed by atoms with van der Waals surface area (Å²) in [6.45, 7) is 0. The summed E-state index contributed by atoms with van der Waals surface area (Å²) in [6.07, 6.45) is 3.47. The number of hydrogen-bond acceptors (Lipinski definition) is 6. The van der Waals surface area contributed by atoms with Gasteiger partial charge in [0.1, 0.15) is 0 Å². The SMILES string of the molecule is O=C(NN=Cc1ccc([N+](=O)[O-])c(O)c1)c1cc(C2CC2)nc2ccccc12. The zero-order valence-corrected chi connectivity index (χ0v) is 14.7. The molecule has 2 N–H and O–H groups in total. The van der Waals surface area contributed by atoms with Gasteiger partial charge in [-0.25, -0.2) is 5.43 Å². The molecule has 1 heterocycles. The molecule has 0 atom stereocenters. The number of aromatic hydroxyl groups is 1. The highest BCUT2D eigenvalue weighted by molar-refractivity contribution is 6.06. The van der Waals surface area contributed by atoms with Gasteiger partial charge in [0.25, 0.3) is 5.91 Å². The molecule has 0 saturated heterocycles. The summed E-state index contributed by atoms with van der Waals surface area (Å²) in [5, 5.41) is 25.0. The third kappa shape index (κ3) is 3.52. The fourth-order valence-corrected chi connectivity index (χ4v) is 2.97. The lowest BCUT2D eigenvalue weighted by Gasteiger charge is -2.08. The quantitative estimate of drug-likeness (QED) is 0.401. The number of amides is 1. The number of aromatic nitrogens is 1. The third-order valence-electron chi connectivity index (χ3n) is 4.55. The minimum atomic E-state index is -0.677. The Kier molecular flexibility index (Phi) is 4.44. The van der Waals surface area contributed by atoms with E-state index < -0.39 is 16.4 Å². The summed E-state index contributed by atoms with van der Waals surface area (Å²) < 4.78 is 0. The average molecular weight is 376 g/mol. The van der Waals surface area contributed by atoms with Crippen molar-refractivity contribution in [3.63, 3.8) is 0 Å². The van der Waals surface area contributed by atoms with Gasteiger partial charge in [-0.1, -0.05) is 18.2 Å². The highest BCUT2D eigenvalue weighted by Gasteiger charge is 2.26. The molecule has 28 heavy (non-hydrogen) atoms. The monoisotopic (exact) mass is 376 g/mol. The van der Waals surface area contributed by atoms with E-state index >= 15 is 0 Å². The summed E-state index contributed by atoms with van der Waals surface area (Å²) in [5.74, 6) is -0.430. The van der Waals surface area contributed by atoms with Gasteiger partial charge in [0, 0.05) is 23.1 Å². The standard InChI is InChI=1S/C20H16N4O4/c25-19-9-12(5-8-18(19)24(27)28)11-21-23-20(26)15-10-17(13-6-7-13)22-16-4-2-1-3-14(15)16/h1-5,8-11,13,25H,6-7H2,(H,23,26). The van der Waals surface area contributed by atoms with Crippen LogP contribution in [-0.4, -0.2) is 27.1 Å². The van der Waals surface area contributed by atoms with Crippen LogP contribution < -0.4 is 5.43 Å². The third-order valence-corrected chi connectivity index (χ3v) is 4.55. The number of hydrogen-bond donors (Lipinski definition) is 2. The van der Waals surface area contributed by atoms with Crippen molar-refractivity contribution in [2.75, 3.05) is 0 Å². The summed E-state index contributed by atoms with van der Waals surface area (Å²) >= 11 is 0. The van der Waals surface area contributed by atoms with Gasteiger partial charge in [-0.15, -0.1) is 0 Å². The van der Waals surface area contributed by atoms with Crippen LogP contribution in [0, 0.1) is 10.1 Å². The molecule has 8 nitrogen and oxygen atoms in total. The van der Waals surface area contributed by atoms with E-state index in [9.17, 15) is 20.0 Å². The number of hydrazone groups is 1. The molecule has 1 fully saturated rings. The van der Waals surface area contributed by atoms with E-state index in [1.165, 1.54) is 24.4 Å². The van der Waals surface area contributed by atoms with Crippen molar-refractivity contribution in [1.82, 2.24) is 10.4 Å². The lowest BCUT2D eigenvalue weighted by atomic mass is 10.1. The fourth-order valence-electron chi connectivity index (χ4n) is 2.97. The van der Waals surface area contributed by atoms with Crippen LogP contribution in [0.1, 0.15) is 40.4 Å². The van der Waals surface area contributed by atoms with Crippen LogP contribution in [0.5, 0.6) is 5.75 Å². The summed E-state index contributed by atoms with van der Waals surface area (Å²) in [6, 6.07) is 13.1. The molecule has 8 heteroatoms. The van der Waals surface area contributed by atoms with Gasteiger partial charge < -0.3 is 5.11 Å². The van der Waals surface area contributed by atoms with Crippen LogP contribution in [0.2, 0.25) is 0 Å². The van der Waals surface area contributed by atoms with Gasteiger partial charge in [0.15, 0.2) is 5.75 Å². The predicted molar refractivity (Wildman–Crippen MR) is 104 cm³/mol. The first kappa shape index (κ1) is 17.6. The maximum Gasteiger partial charge on any atom is 0.310 e. The number of para-hydroxylation sites is 1. The van der Waals surface area contributed by atoms with Crippen molar-refractivity contribution in [1.29, 1.82) is 0 Å². The minimum absolute atomic E-state index is 0.372. The molecule has 0 spiro atoms. The van der Waals surface area contributed by atoms with Crippen LogP contribution in [-0.2, 0) is 0 Å². The number of phenols is 1. The molecule has 1 amide bonds. The highest BCUT2D eigenvalue weighted by atomic mass is 16.6. The normalized spacial score (nSPS) is 13.7. The lowest BCUT2D eigenvalue weighted by Crippen LogP contribution is -2.18. The number of carbonyl (C=O) groups excluding carboxylic acids is 1. The van der Waals surface area contributed by atoms with Crippen molar-refractivity contribution >= 4 is 28.7 Å². The molecule has 2 aromatic carbocycles. The zero-order valence-electron chi connectivity index (χ0n) is 14.7. The number of carbonyl (C=O) groups is 1. The Bertz CT molecular complexity index is 1120. The molecule has 1 saturated carbocycles. The zero-order chi connectivity index (χ0) is 19.7. The summed E-state index contributed by atoms with van der Waals surface area (Å²) in [4.78, 5) is 27.4.